The van der Waals surface area contributed by atoms with Crippen molar-refractivity contribution in [1.82, 2.24) is 35.7 Å². The zero-order valence-electron chi connectivity index (χ0n) is 24.4. The highest BCUT2D eigenvalue weighted by Gasteiger charge is 2.25. The molecule has 0 saturated carbocycles. The SMILES string of the molecule is COc1nc(-c2cccc(-c3cccc(-c4cc5n(n4)CCCC5NCCO)c3Cl)c2Cl)cnc1CNC[C@@H]1CCC(=O)N1. The molecule has 4 aromatic rings. The molecule has 1 fully saturated rings. The Morgan fingerprint density at radius 1 is 1.07 bits per heavy atom. The Morgan fingerprint density at radius 3 is 2.48 bits per heavy atom. The third kappa shape index (κ3) is 6.31. The molecule has 2 atom stereocenters. The van der Waals surface area contributed by atoms with Gasteiger partial charge in [0, 0.05) is 66.9 Å². The lowest BCUT2D eigenvalue weighted by Gasteiger charge is -2.24. The van der Waals surface area contributed by atoms with E-state index in [9.17, 15) is 9.90 Å². The minimum absolute atomic E-state index is 0.0898. The molecule has 1 amide bonds. The number of nitrogens with zero attached hydrogens (tertiary/aromatic N) is 4. The van der Waals surface area contributed by atoms with Crippen LogP contribution in [0.2, 0.25) is 10.0 Å². The van der Waals surface area contributed by atoms with Crippen molar-refractivity contribution >= 4 is 29.1 Å². The number of rotatable bonds is 11. The van der Waals surface area contributed by atoms with Crippen LogP contribution in [-0.4, -0.2) is 63.6 Å². The first-order chi connectivity index (χ1) is 21.5. The standard InChI is InChI=1S/C32H35Cl2N7O3/c1-44-32-27(17-35-16-19-10-11-29(43)38-19)37-18-26(39-32)23-8-3-6-21(31(23)34)20-5-2-7-22(30(20)33)25-15-28-24(36-12-14-42)9-4-13-41(28)40-25/h2-3,5-8,15,18-19,24,35-36,42H,4,9-14,16-17H2,1H3,(H,38,43)/t19-,24?/m0/s1. The van der Waals surface area contributed by atoms with Gasteiger partial charge in [0.1, 0.15) is 5.69 Å². The average molecular weight is 637 g/mol. The van der Waals surface area contributed by atoms with Gasteiger partial charge >= 0.3 is 0 Å². The third-order valence-corrected chi connectivity index (χ3v) is 8.96. The summed E-state index contributed by atoms with van der Waals surface area (Å²) >= 11 is 14.1. The normalized spacial score (nSPS) is 17.9. The number of aliphatic hydroxyl groups excluding tert-OH is 1. The van der Waals surface area contributed by atoms with Gasteiger partial charge in [0.25, 0.3) is 0 Å². The molecule has 2 aliphatic rings. The molecular formula is C32H35Cl2N7O3. The number of halogens is 2. The lowest BCUT2D eigenvalue weighted by atomic mass is 9.98. The van der Waals surface area contributed by atoms with E-state index >= 15 is 0 Å². The fraction of sp³-hybridized carbons (Fsp3) is 0.375. The number of amides is 1. The van der Waals surface area contributed by atoms with Crippen LogP contribution in [0.5, 0.6) is 5.88 Å². The van der Waals surface area contributed by atoms with E-state index in [1.165, 1.54) is 0 Å². The van der Waals surface area contributed by atoms with Crippen LogP contribution in [0, 0.1) is 0 Å². The maximum absolute atomic E-state index is 11.5. The van der Waals surface area contributed by atoms with Crippen LogP contribution in [0.1, 0.15) is 43.1 Å². The number of carbonyl (C=O) groups excluding carboxylic acids is 1. The Bertz CT molecular complexity index is 1660. The molecule has 0 spiro atoms. The van der Waals surface area contributed by atoms with Crippen LogP contribution in [0.15, 0.2) is 48.7 Å². The summed E-state index contributed by atoms with van der Waals surface area (Å²) in [5, 5.41) is 24.9. The van der Waals surface area contributed by atoms with Gasteiger partial charge in [-0.05, 0) is 25.3 Å². The van der Waals surface area contributed by atoms with Crippen molar-refractivity contribution in [2.45, 2.75) is 50.9 Å². The van der Waals surface area contributed by atoms with Gasteiger partial charge in [-0.1, -0.05) is 59.6 Å². The molecule has 44 heavy (non-hydrogen) atoms. The predicted molar refractivity (Wildman–Crippen MR) is 171 cm³/mol. The second-order valence-electron chi connectivity index (χ2n) is 11.0. The Labute approximate surface area is 266 Å². The number of nitrogens with one attached hydrogen (secondary N) is 3. The van der Waals surface area contributed by atoms with E-state index in [2.05, 4.69) is 27.0 Å². The van der Waals surface area contributed by atoms with E-state index in [1.54, 1.807) is 13.3 Å². The number of fused-ring (bicyclic) bond motifs is 1. The monoisotopic (exact) mass is 635 g/mol. The fourth-order valence-corrected chi connectivity index (χ4v) is 6.59. The van der Waals surface area contributed by atoms with Gasteiger partial charge in [-0.15, -0.1) is 0 Å². The summed E-state index contributed by atoms with van der Waals surface area (Å²) in [6.07, 6.45) is 5.08. The quantitative estimate of drug-likeness (QED) is 0.186. The molecular weight excluding hydrogens is 601 g/mol. The zero-order chi connectivity index (χ0) is 30.6. The minimum atomic E-state index is 0.0898. The van der Waals surface area contributed by atoms with Gasteiger partial charge in [-0.25, -0.2) is 4.98 Å². The van der Waals surface area contributed by atoms with Gasteiger partial charge in [0.15, 0.2) is 0 Å². The number of hydrogen-bond acceptors (Lipinski definition) is 8. The largest absolute Gasteiger partial charge is 0.480 e. The minimum Gasteiger partial charge on any atom is -0.480 e. The first-order valence-corrected chi connectivity index (χ1v) is 15.6. The molecule has 6 rings (SSSR count). The van der Waals surface area contributed by atoms with E-state index in [0.717, 1.165) is 53.9 Å². The molecule has 10 nitrogen and oxygen atoms in total. The van der Waals surface area contributed by atoms with Gasteiger partial charge in [-0.3, -0.25) is 14.5 Å². The molecule has 0 radical (unpaired) electrons. The Kier molecular flexibility index (Phi) is 9.44. The molecule has 2 aromatic heterocycles. The van der Waals surface area contributed by atoms with Crippen molar-refractivity contribution in [2.24, 2.45) is 0 Å². The maximum atomic E-state index is 11.5. The molecule has 2 aromatic carbocycles. The van der Waals surface area contributed by atoms with Crippen LogP contribution in [0.3, 0.4) is 0 Å². The molecule has 0 bridgehead atoms. The summed E-state index contributed by atoms with van der Waals surface area (Å²) in [5.74, 6) is 0.495. The average Bonchev–Trinajstić information content (AvgIpc) is 3.67. The number of ether oxygens (including phenoxy) is 1. The number of carbonyl (C=O) groups is 1. The lowest BCUT2D eigenvalue weighted by molar-refractivity contribution is -0.119. The molecule has 1 saturated heterocycles. The summed E-state index contributed by atoms with van der Waals surface area (Å²) < 4.78 is 7.61. The molecule has 0 aliphatic carbocycles. The van der Waals surface area contributed by atoms with E-state index in [-0.39, 0.29) is 24.6 Å². The smallest absolute Gasteiger partial charge is 0.237 e. The first-order valence-electron chi connectivity index (χ1n) is 14.9. The summed E-state index contributed by atoms with van der Waals surface area (Å²) in [6.45, 7) is 2.57. The van der Waals surface area contributed by atoms with Crippen molar-refractivity contribution in [2.75, 3.05) is 26.8 Å². The summed E-state index contributed by atoms with van der Waals surface area (Å²) in [6, 6.07) is 14.0. The molecule has 4 heterocycles. The number of hydrogen-bond donors (Lipinski definition) is 4. The number of aliphatic hydroxyl groups is 1. The van der Waals surface area contributed by atoms with Crippen molar-refractivity contribution in [3.8, 4) is 39.5 Å². The predicted octanol–water partition coefficient (Wildman–Crippen LogP) is 4.77. The molecule has 12 heteroatoms. The highest BCUT2D eigenvalue weighted by molar-refractivity contribution is 6.39. The van der Waals surface area contributed by atoms with Crippen LogP contribution in [0.25, 0.3) is 33.6 Å². The molecule has 4 N–H and O–H groups in total. The Balaban J connectivity index is 1.26. The van der Waals surface area contributed by atoms with E-state index < -0.39 is 0 Å². The molecule has 230 valence electrons. The second kappa shape index (κ2) is 13.6. The van der Waals surface area contributed by atoms with Crippen molar-refractivity contribution < 1.29 is 14.6 Å². The summed E-state index contributed by atoms with van der Waals surface area (Å²) in [7, 11) is 1.57. The summed E-state index contributed by atoms with van der Waals surface area (Å²) in [5.41, 5.74) is 6.23. The Hall–Kier alpha value is -3.54. The molecule has 2 aliphatic heterocycles. The number of aryl methyl sites for hydroxylation is 1. The maximum Gasteiger partial charge on any atom is 0.237 e. The van der Waals surface area contributed by atoms with E-state index in [1.807, 2.05) is 41.1 Å². The van der Waals surface area contributed by atoms with Crippen LogP contribution < -0.4 is 20.7 Å². The van der Waals surface area contributed by atoms with Crippen molar-refractivity contribution in [3.05, 3.63) is 70.1 Å². The van der Waals surface area contributed by atoms with Gasteiger partial charge in [-0.2, -0.15) is 5.10 Å². The van der Waals surface area contributed by atoms with Crippen molar-refractivity contribution in [1.29, 1.82) is 0 Å². The topological polar surface area (TPSA) is 126 Å². The highest BCUT2D eigenvalue weighted by Crippen LogP contribution is 2.42. The number of methoxy groups -OCH3 is 1. The highest BCUT2D eigenvalue weighted by atomic mass is 35.5. The lowest BCUT2D eigenvalue weighted by Crippen LogP contribution is -2.35. The number of benzene rings is 2. The number of aromatic nitrogens is 4. The zero-order valence-corrected chi connectivity index (χ0v) is 26.0. The second-order valence-corrected chi connectivity index (χ2v) is 11.8. The summed E-state index contributed by atoms with van der Waals surface area (Å²) in [4.78, 5) is 20.8. The first kappa shape index (κ1) is 30.5. The third-order valence-electron chi connectivity index (χ3n) is 8.15. The van der Waals surface area contributed by atoms with Crippen molar-refractivity contribution in [3.63, 3.8) is 0 Å². The van der Waals surface area contributed by atoms with E-state index in [4.69, 9.17) is 38.0 Å². The Morgan fingerprint density at radius 2 is 1.80 bits per heavy atom. The van der Waals surface area contributed by atoms with Crippen LogP contribution >= 0.6 is 23.2 Å². The fourth-order valence-electron chi connectivity index (χ4n) is 5.94. The van der Waals surface area contributed by atoms with Gasteiger partial charge in [0.05, 0.1) is 47.0 Å². The van der Waals surface area contributed by atoms with Crippen LogP contribution in [0.4, 0.5) is 0 Å². The van der Waals surface area contributed by atoms with Crippen LogP contribution in [-0.2, 0) is 17.9 Å². The van der Waals surface area contributed by atoms with Gasteiger partial charge in [0.2, 0.25) is 11.8 Å². The molecule has 1 unspecified atom stereocenters. The van der Waals surface area contributed by atoms with E-state index in [0.29, 0.717) is 58.9 Å². The van der Waals surface area contributed by atoms with Gasteiger partial charge < -0.3 is 25.8 Å².